The number of hydrogen-bond donors (Lipinski definition) is 1. The third kappa shape index (κ3) is 8.07. The average Bonchev–Trinajstić information content (AvgIpc) is 2.24. The summed E-state index contributed by atoms with van der Waals surface area (Å²) in [4.78, 5) is 22.8. The molecule has 0 unspecified atom stereocenters. The zero-order chi connectivity index (χ0) is 15.8. The first kappa shape index (κ1) is 18.8. The number of unbranched alkanes of at least 4 members (excludes halogenated alkanes) is 3. The number of quaternary nitrogens is 1. The van der Waals surface area contributed by atoms with Gasteiger partial charge in [0.2, 0.25) is 0 Å². The highest BCUT2D eigenvalue weighted by atomic mass is 16.4. The van der Waals surface area contributed by atoms with Crippen LogP contribution in [0.25, 0.3) is 0 Å². The van der Waals surface area contributed by atoms with Crippen molar-refractivity contribution in [3.05, 3.63) is 12.2 Å². The Morgan fingerprint density at radius 1 is 1.25 bits per heavy atom. The fraction of sp³-hybridized carbons (Fsp3) is 0.733. The molecule has 0 aromatic rings. The molecule has 1 atom stereocenters. The lowest BCUT2D eigenvalue weighted by Crippen LogP contribution is -2.55. The summed E-state index contributed by atoms with van der Waals surface area (Å²) in [5, 5.41) is 21.1. The smallest absolute Gasteiger partial charge is 0.193 e. The van der Waals surface area contributed by atoms with E-state index >= 15 is 0 Å². The maximum atomic E-state index is 12.1. The summed E-state index contributed by atoms with van der Waals surface area (Å²) in [5.41, 5.74) is -1.90. The molecule has 0 fully saturated rings. The molecule has 0 aliphatic rings. The standard InChI is InChI=1S/C15H27NO4/c1-5-6-7-8-9-10-13(17)15(20,11-14(18)19)12-16(2,3)4/h9-10,20H,5-8,11-12H2,1-4H3/b10-9+/t15-/m1/s1. The molecule has 116 valence electrons. The van der Waals surface area contributed by atoms with Gasteiger partial charge in [-0.3, -0.25) is 4.79 Å². The Kier molecular flexibility index (Phi) is 7.68. The molecule has 0 radical (unpaired) electrons. The monoisotopic (exact) mass is 285 g/mol. The van der Waals surface area contributed by atoms with Gasteiger partial charge in [0.05, 0.1) is 21.1 Å². The Hall–Kier alpha value is -1.20. The van der Waals surface area contributed by atoms with Crippen molar-refractivity contribution in [2.45, 2.75) is 44.6 Å². The van der Waals surface area contributed by atoms with Gasteiger partial charge in [0.15, 0.2) is 11.4 Å². The van der Waals surface area contributed by atoms with Crippen LogP contribution in [0.15, 0.2) is 12.2 Å². The predicted octanol–water partition coefficient (Wildman–Crippen LogP) is 0.269. The van der Waals surface area contributed by atoms with Gasteiger partial charge < -0.3 is 19.5 Å². The molecule has 0 aromatic carbocycles. The zero-order valence-corrected chi connectivity index (χ0v) is 13.0. The quantitative estimate of drug-likeness (QED) is 0.355. The SMILES string of the molecule is CCCCC/C=C/C(=O)[C@@](O)(CC(=O)[O-])C[N+](C)(C)C. The van der Waals surface area contributed by atoms with Crippen molar-refractivity contribution in [1.82, 2.24) is 0 Å². The van der Waals surface area contributed by atoms with E-state index in [-0.39, 0.29) is 6.54 Å². The molecule has 0 rings (SSSR count). The number of aliphatic carboxylic acids is 1. The number of carboxylic acids is 1. The Morgan fingerprint density at radius 3 is 2.30 bits per heavy atom. The highest BCUT2D eigenvalue weighted by molar-refractivity contribution is 5.99. The summed E-state index contributed by atoms with van der Waals surface area (Å²) in [6.07, 6.45) is 6.24. The Balaban J connectivity index is 4.76. The molecule has 0 spiro atoms. The first-order valence-corrected chi connectivity index (χ1v) is 7.04. The highest BCUT2D eigenvalue weighted by Gasteiger charge is 2.39. The lowest BCUT2D eigenvalue weighted by Gasteiger charge is -2.34. The van der Waals surface area contributed by atoms with Crippen LogP contribution in [0.5, 0.6) is 0 Å². The molecule has 0 aromatic heterocycles. The van der Waals surface area contributed by atoms with Crippen molar-refractivity contribution >= 4 is 11.8 Å². The van der Waals surface area contributed by atoms with E-state index in [9.17, 15) is 19.8 Å². The molecule has 0 aliphatic heterocycles. The van der Waals surface area contributed by atoms with Gasteiger partial charge in [-0.25, -0.2) is 0 Å². The van der Waals surface area contributed by atoms with Crippen molar-refractivity contribution in [2.24, 2.45) is 0 Å². The fourth-order valence-electron chi connectivity index (χ4n) is 2.10. The normalized spacial score (nSPS) is 15.2. The molecule has 0 aliphatic carbocycles. The number of rotatable bonds is 10. The molecule has 0 bridgehead atoms. The van der Waals surface area contributed by atoms with Gasteiger partial charge in [0.1, 0.15) is 6.54 Å². The van der Waals surface area contributed by atoms with Gasteiger partial charge in [-0.15, -0.1) is 0 Å². The van der Waals surface area contributed by atoms with E-state index in [0.29, 0.717) is 4.48 Å². The minimum atomic E-state index is -1.90. The second-order valence-corrected chi connectivity index (χ2v) is 6.29. The summed E-state index contributed by atoms with van der Waals surface area (Å²) in [6.45, 7) is 2.12. The Labute approximate surface area is 121 Å². The Morgan fingerprint density at radius 2 is 1.85 bits per heavy atom. The predicted molar refractivity (Wildman–Crippen MR) is 75.8 cm³/mol. The zero-order valence-electron chi connectivity index (χ0n) is 13.0. The number of hydrogen-bond acceptors (Lipinski definition) is 4. The van der Waals surface area contributed by atoms with Crippen LogP contribution in [0.1, 0.15) is 39.0 Å². The van der Waals surface area contributed by atoms with Crippen molar-refractivity contribution in [3.63, 3.8) is 0 Å². The number of carboxylic acid groups (broad SMARTS) is 1. The Bertz CT molecular complexity index is 357. The van der Waals surface area contributed by atoms with E-state index in [0.717, 1.165) is 25.7 Å². The topological polar surface area (TPSA) is 77.4 Å². The lowest BCUT2D eigenvalue weighted by atomic mass is 9.92. The summed E-state index contributed by atoms with van der Waals surface area (Å²) >= 11 is 0. The maximum absolute atomic E-state index is 12.1. The van der Waals surface area contributed by atoms with Crippen LogP contribution in [-0.4, -0.2) is 54.6 Å². The van der Waals surface area contributed by atoms with Crippen molar-refractivity contribution in [2.75, 3.05) is 27.7 Å². The van der Waals surface area contributed by atoms with Crippen LogP contribution >= 0.6 is 0 Å². The van der Waals surface area contributed by atoms with Crippen LogP contribution in [0, 0.1) is 0 Å². The van der Waals surface area contributed by atoms with Crippen LogP contribution in [0.2, 0.25) is 0 Å². The van der Waals surface area contributed by atoms with E-state index in [4.69, 9.17) is 0 Å². The molecule has 0 saturated heterocycles. The van der Waals surface area contributed by atoms with E-state index in [1.807, 2.05) is 0 Å². The summed E-state index contributed by atoms with van der Waals surface area (Å²) in [7, 11) is 5.37. The van der Waals surface area contributed by atoms with Gasteiger partial charge in [0.25, 0.3) is 0 Å². The highest BCUT2D eigenvalue weighted by Crippen LogP contribution is 2.16. The summed E-state index contributed by atoms with van der Waals surface area (Å²) < 4.78 is 0.291. The first-order valence-electron chi connectivity index (χ1n) is 7.04. The molecule has 0 amide bonds. The number of carbonyl (C=O) groups is 2. The lowest BCUT2D eigenvalue weighted by molar-refractivity contribution is -0.875. The van der Waals surface area contributed by atoms with E-state index in [1.54, 1.807) is 27.2 Å². The molecular formula is C15H27NO4. The first-order chi connectivity index (χ1) is 9.10. The van der Waals surface area contributed by atoms with Crippen LogP contribution in [0.4, 0.5) is 0 Å². The second kappa shape index (κ2) is 8.17. The maximum Gasteiger partial charge on any atom is 0.193 e. The van der Waals surface area contributed by atoms with E-state index < -0.39 is 23.8 Å². The average molecular weight is 285 g/mol. The van der Waals surface area contributed by atoms with Crippen molar-refractivity contribution in [1.29, 1.82) is 0 Å². The number of likely N-dealkylation sites (N-methyl/N-ethyl adjacent to an activating group) is 1. The van der Waals surface area contributed by atoms with Gasteiger partial charge in [-0.05, 0) is 18.9 Å². The van der Waals surface area contributed by atoms with E-state index in [2.05, 4.69) is 6.92 Å². The minimum Gasteiger partial charge on any atom is -0.550 e. The number of nitrogens with zero attached hydrogens (tertiary/aromatic N) is 1. The minimum absolute atomic E-state index is 0.0269. The van der Waals surface area contributed by atoms with Gasteiger partial charge >= 0.3 is 0 Å². The number of aliphatic hydroxyl groups is 1. The fourth-order valence-corrected chi connectivity index (χ4v) is 2.10. The summed E-state index contributed by atoms with van der Waals surface area (Å²) in [6, 6.07) is 0. The number of carbonyl (C=O) groups excluding carboxylic acids is 2. The molecule has 5 heteroatoms. The summed E-state index contributed by atoms with van der Waals surface area (Å²) in [5.74, 6) is -1.99. The molecule has 0 saturated carbocycles. The molecular weight excluding hydrogens is 258 g/mol. The van der Waals surface area contributed by atoms with Crippen LogP contribution < -0.4 is 5.11 Å². The molecule has 5 nitrogen and oxygen atoms in total. The van der Waals surface area contributed by atoms with Gasteiger partial charge in [-0.1, -0.05) is 25.8 Å². The van der Waals surface area contributed by atoms with Crippen LogP contribution in [0.3, 0.4) is 0 Å². The van der Waals surface area contributed by atoms with Gasteiger partial charge in [-0.2, -0.15) is 0 Å². The van der Waals surface area contributed by atoms with Crippen molar-refractivity contribution in [3.8, 4) is 0 Å². The largest absolute Gasteiger partial charge is 0.550 e. The molecule has 1 N–H and O–H groups in total. The van der Waals surface area contributed by atoms with Crippen molar-refractivity contribution < 1.29 is 24.3 Å². The molecule has 0 heterocycles. The molecule has 20 heavy (non-hydrogen) atoms. The number of allylic oxidation sites excluding steroid dienone is 1. The third-order valence-electron chi connectivity index (χ3n) is 2.87. The second-order valence-electron chi connectivity index (χ2n) is 6.29. The van der Waals surface area contributed by atoms with Gasteiger partial charge in [0, 0.05) is 12.4 Å². The third-order valence-corrected chi connectivity index (χ3v) is 2.87. The number of ketones is 1. The van der Waals surface area contributed by atoms with Crippen LogP contribution in [-0.2, 0) is 9.59 Å². The van der Waals surface area contributed by atoms with E-state index in [1.165, 1.54) is 6.08 Å².